The molecule has 0 saturated carbocycles. The van der Waals surface area contributed by atoms with Crippen LogP contribution in [0.5, 0.6) is 11.5 Å². The molecule has 0 spiro atoms. The van der Waals surface area contributed by atoms with E-state index in [4.69, 9.17) is 21.1 Å². The SMILES string of the molecule is O=[N+]([O-])c1cc2c(cc1Sc1ccc(Cl)cc1Br)OCO2. The van der Waals surface area contributed by atoms with Gasteiger partial charge < -0.3 is 9.47 Å². The average Bonchev–Trinajstić information content (AvgIpc) is 2.88. The van der Waals surface area contributed by atoms with Crippen molar-refractivity contribution in [2.45, 2.75) is 9.79 Å². The van der Waals surface area contributed by atoms with Gasteiger partial charge in [0.05, 0.1) is 15.9 Å². The van der Waals surface area contributed by atoms with E-state index in [9.17, 15) is 10.1 Å². The molecule has 0 radical (unpaired) electrons. The molecule has 2 aromatic carbocycles. The number of hydrogen-bond donors (Lipinski definition) is 0. The summed E-state index contributed by atoms with van der Waals surface area (Å²) in [6.07, 6.45) is 0. The number of halogens is 2. The summed E-state index contributed by atoms with van der Waals surface area (Å²) in [5.41, 5.74) is -0.0221. The molecule has 1 aliphatic heterocycles. The average molecular weight is 389 g/mol. The molecular weight excluding hydrogens is 382 g/mol. The van der Waals surface area contributed by atoms with Crippen LogP contribution in [0.2, 0.25) is 5.02 Å². The Bertz CT molecular complexity index is 740. The van der Waals surface area contributed by atoms with E-state index in [1.807, 2.05) is 0 Å². The van der Waals surface area contributed by atoms with E-state index in [-0.39, 0.29) is 12.5 Å². The fourth-order valence-corrected chi connectivity index (χ4v) is 3.67. The van der Waals surface area contributed by atoms with E-state index in [0.717, 1.165) is 9.37 Å². The number of nitro benzene ring substituents is 1. The maximum atomic E-state index is 11.2. The van der Waals surface area contributed by atoms with Crippen LogP contribution in [-0.4, -0.2) is 11.7 Å². The van der Waals surface area contributed by atoms with E-state index in [0.29, 0.717) is 21.4 Å². The largest absolute Gasteiger partial charge is 0.454 e. The van der Waals surface area contributed by atoms with Crippen molar-refractivity contribution in [2.24, 2.45) is 0 Å². The van der Waals surface area contributed by atoms with Gasteiger partial charge in [0, 0.05) is 20.5 Å². The van der Waals surface area contributed by atoms with Crippen molar-refractivity contribution in [2.75, 3.05) is 6.79 Å². The molecule has 108 valence electrons. The zero-order valence-electron chi connectivity index (χ0n) is 10.3. The molecule has 0 atom stereocenters. The molecule has 1 aliphatic rings. The van der Waals surface area contributed by atoms with Gasteiger partial charge in [0.1, 0.15) is 0 Å². The Morgan fingerprint density at radius 3 is 2.57 bits per heavy atom. The summed E-state index contributed by atoms with van der Waals surface area (Å²) in [4.78, 5) is 12.1. The van der Waals surface area contributed by atoms with Gasteiger partial charge in [-0.25, -0.2) is 0 Å². The molecule has 0 aliphatic carbocycles. The summed E-state index contributed by atoms with van der Waals surface area (Å²) in [5, 5.41) is 11.8. The maximum Gasteiger partial charge on any atom is 0.287 e. The van der Waals surface area contributed by atoms with Gasteiger partial charge in [-0.3, -0.25) is 10.1 Å². The van der Waals surface area contributed by atoms with Gasteiger partial charge in [0.15, 0.2) is 11.5 Å². The molecule has 1 heterocycles. The second-order valence-electron chi connectivity index (χ2n) is 4.11. The molecule has 0 bridgehead atoms. The zero-order chi connectivity index (χ0) is 15.0. The molecular formula is C13H7BrClNO4S. The van der Waals surface area contributed by atoms with E-state index in [1.165, 1.54) is 17.8 Å². The fraction of sp³-hybridized carbons (Fsp3) is 0.0769. The molecule has 21 heavy (non-hydrogen) atoms. The zero-order valence-corrected chi connectivity index (χ0v) is 13.5. The van der Waals surface area contributed by atoms with Gasteiger partial charge in [0.25, 0.3) is 5.69 Å². The highest BCUT2D eigenvalue weighted by molar-refractivity contribution is 9.10. The molecule has 0 unspecified atom stereocenters. The lowest BCUT2D eigenvalue weighted by Crippen LogP contribution is -1.93. The van der Waals surface area contributed by atoms with E-state index in [1.54, 1.807) is 24.3 Å². The molecule has 0 saturated heterocycles. The Balaban J connectivity index is 2.03. The van der Waals surface area contributed by atoms with Crippen molar-refractivity contribution >= 4 is 45.0 Å². The molecule has 3 rings (SSSR count). The van der Waals surface area contributed by atoms with Crippen molar-refractivity contribution in [1.29, 1.82) is 0 Å². The van der Waals surface area contributed by atoms with Crippen molar-refractivity contribution in [1.82, 2.24) is 0 Å². The van der Waals surface area contributed by atoms with E-state index < -0.39 is 4.92 Å². The van der Waals surface area contributed by atoms with Crippen molar-refractivity contribution in [3.05, 3.63) is 49.9 Å². The first-order valence-corrected chi connectivity index (χ1v) is 7.74. The summed E-state index contributed by atoms with van der Waals surface area (Å²) in [7, 11) is 0. The Labute approximate surface area is 137 Å². The van der Waals surface area contributed by atoms with Gasteiger partial charge in [-0.05, 0) is 34.1 Å². The van der Waals surface area contributed by atoms with Crippen LogP contribution in [0.15, 0.2) is 44.6 Å². The summed E-state index contributed by atoms with van der Waals surface area (Å²) >= 11 is 10.6. The van der Waals surface area contributed by atoms with Gasteiger partial charge in [0.2, 0.25) is 6.79 Å². The van der Waals surface area contributed by atoms with Crippen LogP contribution in [0.1, 0.15) is 0 Å². The fourth-order valence-electron chi connectivity index (χ4n) is 1.81. The van der Waals surface area contributed by atoms with Gasteiger partial charge in [-0.15, -0.1) is 0 Å². The maximum absolute atomic E-state index is 11.2. The summed E-state index contributed by atoms with van der Waals surface area (Å²) < 4.78 is 11.2. The molecule has 0 fully saturated rings. The standard InChI is InChI=1S/C13H7BrClNO4S/c14-8-3-7(15)1-2-12(8)21-13-5-11-10(19-6-20-11)4-9(13)16(17)18/h1-5H,6H2. The first-order valence-electron chi connectivity index (χ1n) is 5.75. The van der Waals surface area contributed by atoms with Crippen molar-refractivity contribution < 1.29 is 14.4 Å². The monoisotopic (exact) mass is 387 g/mol. The second-order valence-corrected chi connectivity index (χ2v) is 6.48. The van der Waals surface area contributed by atoms with Crippen LogP contribution in [0.3, 0.4) is 0 Å². The van der Waals surface area contributed by atoms with E-state index >= 15 is 0 Å². The smallest absolute Gasteiger partial charge is 0.287 e. The van der Waals surface area contributed by atoms with E-state index in [2.05, 4.69) is 15.9 Å². The van der Waals surface area contributed by atoms with Crippen molar-refractivity contribution in [3.63, 3.8) is 0 Å². The van der Waals surface area contributed by atoms with Crippen LogP contribution in [0, 0.1) is 10.1 Å². The van der Waals surface area contributed by atoms with Crippen LogP contribution in [-0.2, 0) is 0 Å². The topological polar surface area (TPSA) is 61.6 Å². The lowest BCUT2D eigenvalue weighted by Gasteiger charge is -2.07. The number of ether oxygens (including phenoxy) is 2. The highest BCUT2D eigenvalue weighted by atomic mass is 79.9. The van der Waals surface area contributed by atoms with Gasteiger partial charge in [-0.2, -0.15) is 0 Å². The van der Waals surface area contributed by atoms with Crippen LogP contribution in [0.4, 0.5) is 5.69 Å². The third kappa shape index (κ3) is 2.95. The van der Waals surface area contributed by atoms with Crippen LogP contribution >= 0.6 is 39.3 Å². The number of fused-ring (bicyclic) bond motifs is 1. The van der Waals surface area contributed by atoms with Crippen LogP contribution in [0.25, 0.3) is 0 Å². The third-order valence-electron chi connectivity index (χ3n) is 2.76. The lowest BCUT2D eigenvalue weighted by atomic mass is 10.3. The minimum Gasteiger partial charge on any atom is -0.454 e. The Morgan fingerprint density at radius 2 is 1.90 bits per heavy atom. The predicted molar refractivity (Wildman–Crippen MR) is 82.5 cm³/mol. The quantitative estimate of drug-likeness (QED) is 0.553. The minimum absolute atomic E-state index is 0.0221. The summed E-state index contributed by atoms with van der Waals surface area (Å²) in [6, 6.07) is 8.27. The summed E-state index contributed by atoms with van der Waals surface area (Å²) in [5.74, 6) is 0.898. The minimum atomic E-state index is -0.436. The first-order chi connectivity index (χ1) is 10.0. The normalized spacial score (nSPS) is 12.5. The Morgan fingerprint density at radius 1 is 1.19 bits per heavy atom. The van der Waals surface area contributed by atoms with Gasteiger partial charge in [-0.1, -0.05) is 23.4 Å². The molecule has 0 aromatic heterocycles. The number of nitro groups is 1. The summed E-state index contributed by atoms with van der Waals surface area (Å²) in [6.45, 7) is 0.0746. The molecule has 0 amide bonds. The lowest BCUT2D eigenvalue weighted by molar-refractivity contribution is -0.387. The number of nitrogens with zero attached hydrogens (tertiary/aromatic N) is 1. The molecule has 2 aromatic rings. The number of hydrogen-bond acceptors (Lipinski definition) is 5. The van der Waals surface area contributed by atoms with Crippen LogP contribution < -0.4 is 9.47 Å². The number of benzene rings is 2. The predicted octanol–water partition coefficient (Wildman–Crippen LogP) is 4.89. The molecule has 5 nitrogen and oxygen atoms in total. The van der Waals surface area contributed by atoms with Gasteiger partial charge >= 0.3 is 0 Å². The Hall–Kier alpha value is -1.44. The first kappa shape index (κ1) is 14.5. The Kier molecular flexibility index (Phi) is 3.97. The molecule has 8 heteroatoms. The highest BCUT2D eigenvalue weighted by Gasteiger charge is 2.24. The second kappa shape index (κ2) is 5.75. The van der Waals surface area contributed by atoms with Crippen molar-refractivity contribution in [3.8, 4) is 11.5 Å². The highest BCUT2D eigenvalue weighted by Crippen LogP contribution is 2.45. The third-order valence-corrected chi connectivity index (χ3v) is 5.04. The molecule has 0 N–H and O–H groups in total. The number of rotatable bonds is 3.